The number of rotatable bonds is 2. The fraction of sp³-hybridized carbons (Fsp3) is 0.533. The van der Waals surface area contributed by atoms with Gasteiger partial charge in [0.05, 0.1) is 11.7 Å². The lowest BCUT2D eigenvalue weighted by Gasteiger charge is -2.25. The molecule has 1 aliphatic rings. The van der Waals surface area contributed by atoms with E-state index in [9.17, 15) is 9.90 Å². The highest BCUT2D eigenvalue weighted by Crippen LogP contribution is 2.21. The van der Waals surface area contributed by atoms with E-state index in [2.05, 4.69) is 0 Å². The minimum absolute atomic E-state index is 0.333. The lowest BCUT2D eigenvalue weighted by atomic mass is 9.96. The highest BCUT2D eigenvalue weighted by atomic mass is 16.6. The van der Waals surface area contributed by atoms with Crippen molar-refractivity contribution in [1.82, 2.24) is 0 Å². The quantitative estimate of drug-likeness (QED) is 0.818. The SMILES string of the molecule is O=C(O[C@H]1CCCCCC[C@H]1O)c1ccccc1. The van der Waals surface area contributed by atoms with Crippen molar-refractivity contribution < 1.29 is 14.6 Å². The number of esters is 1. The fourth-order valence-electron chi connectivity index (χ4n) is 2.35. The number of aliphatic hydroxyl groups excluding tert-OH is 1. The topological polar surface area (TPSA) is 46.5 Å². The Morgan fingerprint density at radius 1 is 1.06 bits per heavy atom. The third kappa shape index (κ3) is 3.57. The van der Waals surface area contributed by atoms with Crippen LogP contribution in [-0.2, 0) is 4.74 Å². The molecule has 1 aromatic rings. The van der Waals surface area contributed by atoms with Crippen molar-refractivity contribution in [3.63, 3.8) is 0 Å². The molecule has 0 saturated heterocycles. The summed E-state index contributed by atoms with van der Waals surface area (Å²) < 4.78 is 5.44. The fourth-order valence-corrected chi connectivity index (χ4v) is 2.35. The van der Waals surface area contributed by atoms with E-state index < -0.39 is 6.10 Å². The van der Waals surface area contributed by atoms with E-state index in [1.54, 1.807) is 12.1 Å². The minimum Gasteiger partial charge on any atom is -0.456 e. The molecule has 0 unspecified atom stereocenters. The first-order valence-corrected chi connectivity index (χ1v) is 6.71. The van der Waals surface area contributed by atoms with Crippen molar-refractivity contribution in [3.05, 3.63) is 35.9 Å². The predicted octanol–water partition coefficient (Wildman–Crippen LogP) is 2.93. The standard InChI is InChI=1S/C15H20O3/c16-13-10-6-1-2-7-11-14(13)18-15(17)12-8-4-3-5-9-12/h3-5,8-9,13-14,16H,1-2,6-7,10-11H2/t13-,14+/m1/s1. The molecule has 3 nitrogen and oxygen atoms in total. The van der Waals surface area contributed by atoms with Gasteiger partial charge in [0.25, 0.3) is 0 Å². The molecule has 0 bridgehead atoms. The van der Waals surface area contributed by atoms with Crippen LogP contribution in [0.25, 0.3) is 0 Å². The summed E-state index contributed by atoms with van der Waals surface area (Å²) in [5.41, 5.74) is 0.548. The van der Waals surface area contributed by atoms with Gasteiger partial charge in [-0.2, -0.15) is 0 Å². The zero-order valence-electron chi connectivity index (χ0n) is 10.5. The van der Waals surface area contributed by atoms with Gasteiger partial charge < -0.3 is 9.84 Å². The van der Waals surface area contributed by atoms with E-state index >= 15 is 0 Å². The summed E-state index contributed by atoms with van der Waals surface area (Å²) in [5.74, 6) is -0.333. The van der Waals surface area contributed by atoms with Crippen LogP contribution >= 0.6 is 0 Å². The number of benzene rings is 1. The molecule has 0 radical (unpaired) electrons. The average Bonchev–Trinajstić information content (AvgIpc) is 2.39. The van der Waals surface area contributed by atoms with E-state index in [-0.39, 0.29) is 12.1 Å². The van der Waals surface area contributed by atoms with Gasteiger partial charge in [-0.25, -0.2) is 4.79 Å². The normalized spacial score (nSPS) is 24.9. The molecule has 2 atom stereocenters. The van der Waals surface area contributed by atoms with Crippen molar-refractivity contribution in [1.29, 1.82) is 0 Å². The lowest BCUT2D eigenvalue weighted by Crippen LogP contribution is -2.32. The van der Waals surface area contributed by atoms with Gasteiger partial charge in [-0.05, 0) is 31.4 Å². The van der Waals surface area contributed by atoms with Crippen molar-refractivity contribution in [2.75, 3.05) is 0 Å². The van der Waals surface area contributed by atoms with Gasteiger partial charge in [0.2, 0.25) is 0 Å². The average molecular weight is 248 g/mol. The summed E-state index contributed by atoms with van der Waals surface area (Å²) in [7, 11) is 0. The van der Waals surface area contributed by atoms with Crippen LogP contribution in [-0.4, -0.2) is 23.3 Å². The number of ether oxygens (including phenoxy) is 1. The molecule has 0 spiro atoms. The minimum atomic E-state index is -0.516. The van der Waals surface area contributed by atoms with Crippen LogP contribution in [0.5, 0.6) is 0 Å². The van der Waals surface area contributed by atoms with Crippen molar-refractivity contribution in [3.8, 4) is 0 Å². The summed E-state index contributed by atoms with van der Waals surface area (Å²) in [6.07, 6.45) is 4.98. The van der Waals surface area contributed by atoms with E-state index in [0.717, 1.165) is 38.5 Å². The van der Waals surface area contributed by atoms with E-state index in [0.29, 0.717) is 5.56 Å². The lowest BCUT2D eigenvalue weighted by molar-refractivity contribution is -0.0282. The number of hydrogen-bond acceptors (Lipinski definition) is 3. The largest absolute Gasteiger partial charge is 0.456 e. The molecule has 3 heteroatoms. The van der Waals surface area contributed by atoms with Crippen LogP contribution in [0.1, 0.15) is 48.9 Å². The molecule has 0 amide bonds. The van der Waals surface area contributed by atoms with Crippen molar-refractivity contribution >= 4 is 5.97 Å². The maximum Gasteiger partial charge on any atom is 0.338 e. The van der Waals surface area contributed by atoms with Crippen LogP contribution in [0, 0.1) is 0 Å². The van der Waals surface area contributed by atoms with Gasteiger partial charge >= 0.3 is 5.97 Å². The van der Waals surface area contributed by atoms with Crippen molar-refractivity contribution in [2.45, 2.75) is 50.7 Å². The molecule has 98 valence electrons. The van der Waals surface area contributed by atoms with Crippen LogP contribution in [0.15, 0.2) is 30.3 Å². The maximum atomic E-state index is 11.9. The zero-order chi connectivity index (χ0) is 12.8. The summed E-state index contributed by atoms with van der Waals surface area (Å²) >= 11 is 0. The summed E-state index contributed by atoms with van der Waals surface area (Å²) in [4.78, 5) is 11.9. The smallest absolute Gasteiger partial charge is 0.338 e. The summed E-state index contributed by atoms with van der Waals surface area (Å²) in [6, 6.07) is 8.95. The Morgan fingerprint density at radius 3 is 2.44 bits per heavy atom. The number of aliphatic hydroxyl groups is 1. The first kappa shape index (κ1) is 13.1. The number of hydrogen-bond donors (Lipinski definition) is 1. The second-order valence-corrected chi connectivity index (χ2v) is 4.87. The molecule has 1 aliphatic carbocycles. The third-order valence-corrected chi connectivity index (χ3v) is 3.44. The highest BCUT2D eigenvalue weighted by molar-refractivity contribution is 5.89. The molecule has 0 aliphatic heterocycles. The maximum absolute atomic E-state index is 11.9. The highest BCUT2D eigenvalue weighted by Gasteiger charge is 2.24. The molecule has 18 heavy (non-hydrogen) atoms. The van der Waals surface area contributed by atoms with E-state index in [1.165, 1.54) is 0 Å². The number of carbonyl (C=O) groups excluding carboxylic acids is 1. The van der Waals surface area contributed by atoms with Gasteiger partial charge in [-0.15, -0.1) is 0 Å². The molecule has 0 aromatic heterocycles. The molecule has 2 rings (SSSR count). The van der Waals surface area contributed by atoms with Gasteiger partial charge in [-0.3, -0.25) is 0 Å². The van der Waals surface area contributed by atoms with Crippen molar-refractivity contribution in [2.24, 2.45) is 0 Å². The van der Waals surface area contributed by atoms with E-state index in [4.69, 9.17) is 4.74 Å². The second kappa shape index (κ2) is 6.55. The van der Waals surface area contributed by atoms with E-state index in [1.807, 2.05) is 18.2 Å². The Morgan fingerprint density at radius 2 is 1.72 bits per heavy atom. The summed E-state index contributed by atoms with van der Waals surface area (Å²) in [5, 5.41) is 9.99. The van der Waals surface area contributed by atoms with Crippen LogP contribution < -0.4 is 0 Å². The Labute approximate surface area is 108 Å². The number of carbonyl (C=O) groups is 1. The third-order valence-electron chi connectivity index (χ3n) is 3.44. The first-order chi connectivity index (χ1) is 8.77. The molecular weight excluding hydrogens is 228 g/mol. The molecular formula is C15H20O3. The molecule has 1 fully saturated rings. The van der Waals surface area contributed by atoms with Gasteiger partial charge in [0.1, 0.15) is 6.10 Å². The van der Waals surface area contributed by atoms with Crippen LogP contribution in [0.4, 0.5) is 0 Å². The van der Waals surface area contributed by atoms with Crippen LogP contribution in [0.3, 0.4) is 0 Å². The Bertz CT molecular complexity index is 375. The Hall–Kier alpha value is -1.35. The van der Waals surface area contributed by atoms with Gasteiger partial charge in [0, 0.05) is 0 Å². The van der Waals surface area contributed by atoms with Gasteiger partial charge in [0.15, 0.2) is 0 Å². The first-order valence-electron chi connectivity index (χ1n) is 6.71. The molecule has 1 N–H and O–H groups in total. The molecule has 1 aromatic carbocycles. The predicted molar refractivity (Wildman–Crippen MR) is 69.4 cm³/mol. The second-order valence-electron chi connectivity index (χ2n) is 4.87. The monoisotopic (exact) mass is 248 g/mol. The molecule has 1 saturated carbocycles. The molecule has 0 heterocycles. The Kier molecular flexibility index (Phi) is 4.76. The van der Waals surface area contributed by atoms with Crippen LogP contribution in [0.2, 0.25) is 0 Å². The zero-order valence-corrected chi connectivity index (χ0v) is 10.5. The van der Waals surface area contributed by atoms with Gasteiger partial charge in [-0.1, -0.05) is 37.5 Å². The summed E-state index contributed by atoms with van der Waals surface area (Å²) in [6.45, 7) is 0. The Balaban J connectivity index is 1.96.